The summed E-state index contributed by atoms with van der Waals surface area (Å²) in [6, 6.07) is 17.7. The summed E-state index contributed by atoms with van der Waals surface area (Å²) in [5.74, 6) is -0.719. The molecule has 2 aromatic heterocycles. The molecule has 0 bridgehead atoms. The number of H-pyrrole nitrogens is 1. The lowest BCUT2D eigenvalue weighted by Gasteiger charge is -2.39. The molecule has 10 atom stereocenters. The second kappa shape index (κ2) is 23.5. The van der Waals surface area contributed by atoms with Gasteiger partial charge in [0.25, 0.3) is 0 Å². The summed E-state index contributed by atoms with van der Waals surface area (Å²) in [7, 11) is 0. The Bertz CT molecular complexity index is 2340. The molecule has 2 fully saturated rings. The Morgan fingerprint density at radius 1 is 0.870 bits per heavy atom. The Labute approximate surface area is 411 Å². The molecule has 7 rings (SSSR count). The van der Waals surface area contributed by atoms with E-state index in [2.05, 4.69) is 81.0 Å². The Hall–Kier alpha value is -4.64. The number of nitrogens with two attached hydrogens (primary N) is 1. The van der Waals surface area contributed by atoms with E-state index in [9.17, 15) is 35.4 Å². The summed E-state index contributed by atoms with van der Waals surface area (Å²) >= 11 is 0. The maximum atomic E-state index is 13.2. The maximum absolute atomic E-state index is 13.2. The van der Waals surface area contributed by atoms with Crippen LogP contribution < -0.4 is 5.73 Å². The van der Waals surface area contributed by atoms with Crippen LogP contribution in [0.2, 0.25) is 0 Å². The number of anilines is 1. The van der Waals surface area contributed by atoms with E-state index in [1.165, 1.54) is 36.5 Å². The number of carboxylic acid groups (broad SMARTS) is 1. The molecule has 0 spiro atoms. The van der Waals surface area contributed by atoms with Crippen LogP contribution in [0.1, 0.15) is 176 Å². The van der Waals surface area contributed by atoms with Gasteiger partial charge in [-0.2, -0.15) is 0 Å². The van der Waals surface area contributed by atoms with Crippen molar-refractivity contribution in [2.24, 2.45) is 41.4 Å². The Morgan fingerprint density at radius 3 is 2.38 bits per heavy atom. The number of aliphatic hydroxyl groups excluding tert-OH is 2. The van der Waals surface area contributed by atoms with Crippen molar-refractivity contribution in [3.8, 4) is 22.8 Å². The summed E-state index contributed by atoms with van der Waals surface area (Å²) in [5, 5.41) is 69.1. The lowest BCUT2D eigenvalue weighted by molar-refractivity contribution is -0.150. The highest BCUT2D eigenvalue weighted by molar-refractivity contribution is 5.72. The smallest absolute Gasteiger partial charge is 0.309 e. The predicted octanol–water partition coefficient (Wildman–Crippen LogP) is 12.0. The maximum Gasteiger partial charge on any atom is 0.309 e. The largest absolute Gasteiger partial charge is 0.508 e. The highest BCUT2D eigenvalue weighted by atomic mass is 16.4. The third-order valence-corrected chi connectivity index (χ3v) is 16.4. The number of rotatable bonds is 19. The molecule has 0 saturated heterocycles. The molecule has 10 nitrogen and oxygen atoms in total. The average molecular weight is 946 g/mol. The van der Waals surface area contributed by atoms with Crippen molar-refractivity contribution in [1.82, 2.24) is 9.97 Å². The summed E-state index contributed by atoms with van der Waals surface area (Å²) in [6.07, 6.45) is 18.4. The van der Waals surface area contributed by atoms with Gasteiger partial charge in [-0.15, -0.1) is 0 Å². The summed E-state index contributed by atoms with van der Waals surface area (Å²) in [5.41, 5.74) is 12.7. The number of nitrogens with zero attached hydrogens (tertiary/aromatic N) is 1. The van der Waals surface area contributed by atoms with Crippen LogP contribution in [0.4, 0.5) is 5.82 Å². The van der Waals surface area contributed by atoms with E-state index in [1.807, 2.05) is 18.2 Å². The van der Waals surface area contributed by atoms with Gasteiger partial charge < -0.3 is 41.4 Å². The highest BCUT2D eigenvalue weighted by Gasteiger charge is 2.51. The first-order valence-electron chi connectivity index (χ1n) is 26.6. The number of hydrogen-bond donors (Lipinski definition) is 8. The Morgan fingerprint density at radius 2 is 1.65 bits per heavy atom. The molecule has 2 aromatic carbocycles. The first-order chi connectivity index (χ1) is 33.0. The second-order valence-corrected chi connectivity index (χ2v) is 22.4. The quantitative estimate of drug-likeness (QED) is 0.0334. The number of fused-ring (bicyclic) bond motifs is 1. The van der Waals surface area contributed by atoms with E-state index >= 15 is 0 Å². The van der Waals surface area contributed by atoms with Gasteiger partial charge in [-0.3, -0.25) is 4.79 Å². The SMILES string of the molecule is CCCCC[C@H]1C=C[C@H](CCCC[C@@H]2CC[C@H](c3ccc(-c4cc(O)cc(O)c4Cc4ccc(C(C)C)cc4CC(C)C)[nH]3)[C@@H]3C[C@H](Cc4ccnc(N)c4)C[C@@]3(O)CC[C@@H](O)[C@H]2C(=O)O)[C@@H](O)C1. The van der Waals surface area contributed by atoms with Gasteiger partial charge in [0.15, 0.2) is 0 Å². The van der Waals surface area contributed by atoms with E-state index in [0.29, 0.717) is 73.2 Å². The number of aliphatic hydroxyl groups is 3. The van der Waals surface area contributed by atoms with E-state index < -0.39 is 23.6 Å². The van der Waals surface area contributed by atoms with E-state index in [0.717, 1.165) is 67.5 Å². The van der Waals surface area contributed by atoms with Crippen molar-refractivity contribution in [3.63, 3.8) is 0 Å². The molecule has 0 amide bonds. The van der Waals surface area contributed by atoms with Crippen molar-refractivity contribution < 1.29 is 35.4 Å². The number of carbonyl (C=O) groups is 1. The van der Waals surface area contributed by atoms with Gasteiger partial charge in [0, 0.05) is 53.0 Å². The third-order valence-electron chi connectivity index (χ3n) is 16.4. The minimum Gasteiger partial charge on any atom is -0.508 e. The Kier molecular flexibility index (Phi) is 17.8. The van der Waals surface area contributed by atoms with Crippen LogP contribution >= 0.6 is 0 Å². The highest BCUT2D eigenvalue weighted by Crippen LogP contribution is 2.53. The minimum absolute atomic E-state index is 0.0229. The normalized spacial score (nSPS) is 27.5. The van der Waals surface area contributed by atoms with Crippen molar-refractivity contribution >= 4 is 11.8 Å². The van der Waals surface area contributed by atoms with Gasteiger partial charge in [0.1, 0.15) is 17.3 Å². The number of carboxylic acids is 1. The second-order valence-electron chi connectivity index (χ2n) is 22.4. The number of unbranched alkanes of at least 4 members (excludes halogenated alkanes) is 3. The van der Waals surface area contributed by atoms with Gasteiger partial charge in [0.05, 0.1) is 23.7 Å². The number of allylic oxidation sites excluding steroid dienone is 1. The van der Waals surface area contributed by atoms with Crippen LogP contribution in [0.3, 0.4) is 0 Å². The zero-order chi connectivity index (χ0) is 49.4. The van der Waals surface area contributed by atoms with Crippen LogP contribution in [-0.2, 0) is 24.1 Å². The summed E-state index contributed by atoms with van der Waals surface area (Å²) in [4.78, 5) is 21.1. The number of pyridine rings is 1. The number of phenols is 2. The van der Waals surface area contributed by atoms with Gasteiger partial charge in [-0.05, 0) is 165 Å². The number of aliphatic carboxylic acids is 1. The standard InChI is InChI=1S/C59H83N3O7/c1-6-7-8-11-38-14-15-41(54(65)29-38)12-9-10-13-42-18-19-47(50-28-40(27-39-23-25-61-56(60)30-39)35-59(50,69)24-22-53(64)57(42)58(67)68)51-20-21-52(62-51)48-33-46(63)34-55(66)49(48)32-44-17-16-43(37(4)5)31-45(44)26-36(2)3/h14-17,20-21,23,25,30-31,33-34,36-38,40-42,47,50,53-54,57,62-66,69H,6-13,18-19,22,24,26-29,32,35H2,1-5H3,(H2,60,61)(H,67,68)/t38-,40-,41-,42+,47-,50-,53+,54-,57-,59-/m0/s1. The van der Waals surface area contributed by atoms with Crippen molar-refractivity contribution in [3.05, 3.63) is 106 Å². The van der Waals surface area contributed by atoms with Crippen LogP contribution in [-0.4, -0.2) is 64.4 Å². The monoisotopic (exact) mass is 946 g/mol. The molecule has 4 aromatic rings. The topological polar surface area (TPSA) is 193 Å². The molecule has 3 aliphatic rings. The third kappa shape index (κ3) is 13.2. The van der Waals surface area contributed by atoms with E-state index in [1.54, 1.807) is 12.3 Å². The fourth-order valence-electron chi connectivity index (χ4n) is 12.8. The van der Waals surface area contributed by atoms with E-state index in [4.69, 9.17) is 5.73 Å². The number of benzene rings is 2. The van der Waals surface area contributed by atoms with Crippen LogP contribution in [0.5, 0.6) is 11.5 Å². The molecule has 2 saturated carbocycles. The van der Waals surface area contributed by atoms with Crippen LogP contribution in [0, 0.1) is 41.4 Å². The summed E-state index contributed by atoms with van der Waals surface area (Å²) in [6.45, 7) is 11.0. The number of hydrogen-bond acceptors (Lipinski definition) is 8. The van der Waals surface area contributed by atoms with Crippen molar-refractivity contribution in [2.75, 3.05) is 5.73 Å². The molecular weight excluding hydrogens is 863 g/mol. The first kappa shape index (κ1) is 52.2. The first-order valence-corrected chi connectivity index (χ1v) is 26.6. The number of aromatic amines is 1. The lowest BCUT2D eigenvalue weighted by Crippen LogP contribution is -2.42. The van der Waals surface area contributed by atoms with Crippen LogP contribution in [0.15, 0.2) is 72.9 Å². The van der Waals surface area contributed by atoms with Gasteiger partial charge in [-0.1, -0.05) is 97.1 Å². The Balaban J connectivity index is 1.18. The fraction of sp³-hybridized carbons (Fsp3) is 0.593. The van der Waals surface area contributed by atoms with Gasteiger partial charge in [0.2, 0.25) is 0 Å². The number of nitrogens with one attached hydrogen (secondary N) is 1. The summed E-state index contributed by atoms with van der Waals surface area (Å²) < 4.78 is 0. The molecule has 0 unspecified atom stereocenters. The molecule has 0 radical (unpaired) electrons. The van der Waals surface area contributed by atoms with Gasteiger partial charge >= 0.3 is 5.97 Å². The molecule has 3 aliphatic carbocycles. The number of nitrogen functional groups attached to an aromatic ring is 1. The molecule has 2 heterocycles. The predicted molar refractivity (Wildman–Crippen MR) is 276 cm³/mol. The van der Waals surface area contributed by atoms with Crippen molar-refractivity contribution in [1.29, 1.82) is 0 Å². The molecule has 10 heteroatoms. The molecule has 0 aliphatic heterocycles. The van der Waals surface area contributed by atoms with Gasteiger partial charge in [-0.25, -0.2) is 4.98 Å². The number of aromatic nitrogens is 2. The number of phenolic OH excluding ortho intramolecular Hbond substituents is 2. The fourth-order valence-corrected chi connectivity index (χ4v) is 12.8. The molecule has 69 heavy (non-hydrogen) atoms. The van der Waals surface area contributed by atoms with E-state index in [-0.39, 0.29) is 60.0 Å². The van der Waals surface area contributed by atoms with Crippen molar-refractivity contribution in [2.45, 2.75) is 180 Å². The molecule has 376 valence electrons. The zero-order valence-corrected chi connectivity index (χ0v) is 42.1. The average Bonchev–Trinajstić information content (AvgIpc) is 3.90. The minimum atomic E-state index is -1.16. The lowest BCUT2D eigenvalue weighted by atomic mass is 9.69. The zero-order valence-electron chi connectivity index (χ0n) is 42.1. The molecular formula is C59H83N3O7. The number of aromatic hydroxyl groups is 2. The molecule has 9 N–H and O–H groups in total. The van der Waals surface area contributed by atoms with Crippen LogP contribution in [0.25, 0.3) is 11.3 Å².